The number of nitrogens with zero attached hydrogens (tertiary/aromatic N) is 3. The minimum atomic E-state index is -4.46. The van der Waals surface area contributed by atoms with E-state index in [9.17, 15) is 13.2 Å². The number of likely N-dealkylation sites (tertiary alicyclic amines) is 1. The molecule has 2 saturated heterocycles. The van der Waals surface area contributed by atoms with Crippen molar-refractivity contribution in [3.63, 3.8) is 0 Å². The molecule has 2 fully saturated rings. The summed E-state index contributed by atoms with van der Waals surface area (Å²) < 4.78 is 45.3. The summed E-state index contributed by atoms with van der Waals surface area (Å²) >= 11 is 0. The second kappa shape index (κ2) is 6.93. The summed E-state index contributed by atoms with van der Waals surface area (Å²) in [6.45, 7) is 3.61. The van der Waals surface area contributed by atoms with Gasteiger partial charge in [0.05, 0.1) is 24.6 Å². The van der Waals surface area contributed by atoms with Crippen molar-refractivity contribution in [2.45, 2.75) is 24.7 Å². The van der Waals surface area contributed by atoms with Gasteiger partial charge in [-0.15, -0.1) is 0 Å². The van der Waals surface area contributed by atoms with Gasteiger partial charge >= 0.3 is 6.18 Å². The Morgan fingerprint density at radius 1 is 1.10 bits per heavy atom. The molecular formula is C22H22F3N5O. The highest BCUT2D eigenvalue weighted by molar-refractivity contribution is 5.88. The van der Waals surface area contributed by atoms with E-state index in [-0.39, 0.29) is 17.7 Å². The normalized spacial score (nSPS) is 28.2. The van der Waals surface area contributed by atoms with E-state index in [0.717, 1.165) is 38.8 Å². The van der Waals surface area contributed by atoms with Gasteiger partial charge in [-0.25, -0.2) is 9.97 Å². The lowest BCUT2D eigenvalue weighted by Crippen LogP contribution is -2.40. The fraction of sp³-hybridized carbons (Fsp3) is 0.455. The Kier molecular flexibility index (Phi) is 4.26. The highest BCUT2D eigenvalue weighted by Crippen LogP contribution is 2.42. The molecule has 1 aliphatic carbocycles. The van der Waals surface area contributed by atoms with Crippen LogP contribution in [0.3, 0.4) is 0 Å². The first-order valence-corrected chi connectivity index (χ1v) is 10.5. The van der Waals surface area contributed by atoms with E-state index in [1.165, 1.54) is 17.5 Å². The molecule has 3 aliphatic rings. The number of halogens is 3. The number of hydrogen-bond donors (Lipinski definition) is 2. The largest absolute Gasteiger partial charge is 0.431 e. The van der Waals surface area contributed by atoms with Gasteiger partial charge in [-0.3, -0.25) is 4.90 Å². The molecule has 4 heterocycles. The van der Waals surface area contributed by atoms with Crippen molar-refractivity contribution in [1.29, 1.82) is 0 Å². The second-order valence-corrected chi connectivity index (χ2v) is 8.77. The predicted molar refractivity (Wildman–Crippen MR) is 109 cm³/mol. The van der Waals surface area contributed by atoms with E-state index < -0.39 is 11.9 Å². The van der Waals surface area contributed by atoms with Crippen LogP contribution in [-0.2, 0) is 17.3 Å². The summed E-state index contributed by atoms with van der Waals surface area (Å²) in [4.78, 5) is 13.2. The Bertz CT molecular complexity index is 1120. The molecule has 0 bridgehead atoms. The zero-order valence-electron chi connectivity index (χ0n) is 16.7. The van der Waals surface area contributed by atoms with Crippen LogP contribution >= 0.6 is 0 Å². The summed E-state index contributed by atoms with van der Waals surface area (Å²) in [7, 11) is 0. The molecule has 0 amide bonds. The summed E-state index contributed by atoms with van der Waals surface area (Å²) in [6, 6.07) is 9.53. The number of H-pyrrole nitrogens is 1. The molecule has 6 nitrogen and oxygen atoms in total. The van der Waals surface area contributed by atoms with Gasteiger partial charge in [-0.2, -0.15) is 13.2 Å². The van der Waals surface area contributed by atoms with Gasteiger partial charge in [0.25, 0.3) is 0 Å². The van der Waals surface area contributed by atoms with Crippen molar-refractivity contribution >= 4 is 16.9 Å². The third kappa shape index (κ3) is 3.18. The number of aromatic nitrogens is 3. The molecule has 0 unspecified atom stereocenters. The van der Waals surface area contributed by atoms with Gasteiger partial charge in [0.15, 0.2) is 0 Å². The summed E-state index contributed by atoms with van der Waals surface area (Å²) in [5, 5.41) is 3.84. The van der Waals surface area contributed by atoms with Crippen LogP contribution in [0.1, 0.15) is 22.9 Å². The Labute approximate surface area is 176 Å². The maximum atomic E-state index is 13.2. The minimum Gasteiger partial charge on any atom is -0.381 e. The van der Waals surface area contributed by atoms with Crippen LogP contribution in [-0.4, -0.2) is 52.2 Å². The first-order valence-electron chi connectivity index (χ1n) is 10.5. The van der Waals surface area contributed by atoms with Gasteiger partial charge in [0, 0.05) is 31.0 Å². The van der Waals surface area contributed by atoms with Gasteiger partial charge in [-0.05, 0) is 23.6 Å². The van der Waals surface area contributed by atoms with Crippen molar-refractivity contribution in [2.75, 3.05) is 31.6 Å². The van der Waals surface area contributed by atoms with E-state index >= 15 is 0 Å². The fourth-order valence-corrected chi connectivity index (χ4v) is 5.44. The van der Waals surface area contributed by atoms with Gasteiger partial charge < -0.3 is 15.0 Å². The average molecular weight is 429 g/mol. The number of alkyl halides is 3. The van der Waals surface area contributed by atoms with Gasteiger partial charge in [-0.1, -0.05) is 24.3 Å². The zero-order chi connectivity index (χ0) is 21.2. The van der Waals surface area contributed by atoms with Crippen LogP contribution in [0.4, 0.5) is 19.0 Å². The molecule has 31 heavy (non-hydrogen) atoms. The van der Waals surface area contributed by atoms with Crippen LogP contribution < -0.4 is 5.32 Å². The van der Waals surface area contributed by atoms with Crippen molar-refractivity contribution in [3.05, 3.63) is 53.5 Å². The van der Waals surface area contributed by atoms with E-state index in [2.05, 4.69) is 37.3 Å². The maximum Gasteiger partial charge on any atom is 0.431 e. The standard InChI is InChI=1S/C22H22F3N5O/c23-22(24,25)18-6-16-20(28-18)26-11-27-21(16)29-19-15-4-2-1-3-12(15)5-17(19)30-7-13-9-31-10-14(13)8-30/h1-4,6,11,13-14,17,19H,5,7-10H2,(H2,26,27,28,29)/t13-,14+,17-,19-/m0/s1. The average Bonchev–Trinajstić information content (AvgIpc) is 3.49. The number of hydrogen-bond acceptors (Lipinski definition) is 5. The second-order valence-electron chi connectivity index (χ2n) is 8.77. The highest BCUT2D eigenvalue weighted by atomic mass is 19.4. The van der Waals surface area contributed by atoms with Crippen molar-refractivity contribution in [1.82, 2.24) is 19.9 Å². The first kappa shape index (κ1) is 19.1. The zero-order valence-corrected chi connectivity index (χ0v) is 16.7. The molecule has 0 saturated carbocycles. The number of aromatic amines is 1. The number of benzene rings is 1. The Hall–Kier alpha value is -2.65. The molecule has 0 radical (unpaired) electrons. The SMILES string of the molecule is FC(F)(F)c1cc2c(N[C@H]3c4ccccc4C[C@@H]3N3C[C@H]4COC[C@H]4C3)ncnc2[nH]1. The summed E-state index contributed by atoms with van der Waals surface area (Å²) in [5.74, 6) is 1.55. The predicted octanol–water partition coefficient (Wildman–Crippen LogP) is 3.63. The minimum absolute atomic E-state index is 0.0571. The lowest BCUT2D eigenvalue weighted by molar-refractivity contribution is -0.140. The lowest BCUT2D eigenvalue weighted by atomic mass is 10.0. The molecule has 1 aromatic carbocycles. The number of nitrogens with one attached hydrogen (secondary N) is 2. The van der Waals surface area contributed by atoms with Crippen LogP contribution in [0.25, 0.3) is 11.0 Å². The van der Waals surface area contributed by atoms with E-state index in [1.807, 2.05) is 12.1 Å². The van der Waals surface area contributed by atoms with Crippen LogP contribution in [0.5, 0.6) is 0 Å². The summed E-state index contributed by atoms with van der Waals surface area (Å²) in [5.41, 5.74) is 1.81. The quantitative estimate of drug-likeness (QED) is 0.666. The van der Waals surface area contributed by atoms with Crippen LogP contribution in [0.2, 0.25) is 0 Å². The monoisotopic (exact) mass is 429 g/mol. The van der Waals surface area contributed by atoms with E-state index in [4.69, 9.17) is 4.74 Å². The molecule has 162 valence electrons. The molecule has 3 aromatic rings. The van der Waals surface area contributed by atoms with E-state index in [1.54, 1.807) is 0 Å². The van der Waals surface area contributed by atoms with Crippen molar-refractivity contribution in [2.24, 2.45) is 11.8 Å². The fourth-order valence-electron chi connectivity index (χ4n) is 5.44. The van der Waals surface area contributed by atoms with Crippen molar-refractivity contribution in [3.8, 4) is 0 Å². The first-order chi connectivity index (χ1) is 15.0. The molecule has 9 heteroatoms. The molecular weight excluding hydrogens is 407 g/mol. The molecule has 2 aromatic heterocycles. The number of anilines is 1. The Balaban J connectivity index is 1.35. The van der Waals surface area contributed by atoms with E-state index in [0.29, 0.717) is 23.0 Å². The molecule has 4 atom stereocenters. The summed E-state index contributed by atoms with van der Waals surface area (Å²) in [6.07, 6.45) is -2.26. The smallest absolute Gasteiger partial charge is 0.381 e. The molecule has 6 rings (SSSR count). The number of ether oxygens (including phenoxy) is 1. The van der Waals surface area contributed by atoms with Crippen LogP contribution in [0.15, 0.2) is 36.7 Å². The topological polar surface area (TPSA) is 66.1 Å². The molecule has 2 aliphatic heterocycles. The molecule has 0 spiro atoms. The van der Waals surface area contributed by atoms with Crippen LogP contribution in [0, 0.1) is 11.8 Å². The molecule has 2 N–H and O–H groups in total. The maximum absolute atomic E-state index is 13.2. The van der Waals surface area contributed by atoms with Crippen molar-refractivity contribution < 1.29 is 17.9 Å². The number of fused-ring (bicyclic) bond motifs is 3. The third-order valence-corrected chi connectivity index (χ3v) is 6.96. The lowest BCUT2D eigenvalue weighted by Gasteiger charge is -2.31. The third-order valence-electron chi connectivity index (χ3n) is 6.96. The Morgan fingerprint density at radius 2 is 1.87 bits per heavy atom. The van der Waals surface area contributed by atoms with Gasteiger partial charge in [0.1, 0.15) is 23.5 Å². The Morgan fingerprint density at radius 3 is 2.65 bits per heavy atom. The number of rotatable bonds is 3. The highest BCUT2D eigenvalue weighted by Gasteiger charge is 2.44. The van der Waals surface area contributed by atoms with Gasteiger partial charge in [0.2, 0.25) is 0 Å².